The highest BCUT2D eigenvalue weighted by Gasteiger charge is 2.33. The van der Waals surface area contributed by atoms with Gasteiger partial charge in [0.15, 0.2) is 0 Å². The minimum Gasteiger partial charge on any atom is -0.393 e. The molecular weight excluding hydrogens is 323 g/mol. The molecule has 2 heterocycles. The summed E-state index contributed by atoms with van der Waals surface area (Å²) in [6.07, 6.45) is 4.65. The summed E-state index contributed by atoms with van der Waals surface area (Å²) in [5.74, 6) is 0.413. The molecule has 0 spiro atoms. The number of imidazole rings is 1. The number of amides is 2. The third kappa shape index (κ3) is 3.33. The second-order valence-electron chi connectivity index (χ2n) is 7.09. The van der Waals surface area contributed by atoms with E-state index < -0.39 is 0 Å². The molecule has 2 aliphatic rings. The number of hydrogen-bond donors (Lipinski definition) is 3. The van der Waals surface area contributed by atoms with E-state index in [0.717, 1.165) is 38.5 Å². The lowest BCUT2D eigenvalue weighted by Gasteiger charge is -2.30. The molecule has 7 heteroatoms. The first-order valence-corrected chi connectivity index (χ1v) is 9.00. The number of halogens is 1. The molecule has 1 saturated carbocycles. The number of hydrogen-bond acceptors (Lipinski definition) is 3. The quantitative estimate of drug-likeness (QED) is 0.782. The molecule has 25 heavy (non-hydrogen) atoms. The smallest absolute Gasteiger partial charge is 0.318 e. The van der Waals surface area contributed by atoms with Crippen LogP contribution in [0.15, 0.2) is 18.2 Å². The third-order valence-electron chi connectivity index (χ3n) is 5.32. The van der Waals surface area contributed by atoms with Gasteiger partial charge in [0.2, 0.25) is 0 Å². The van der Waals surface area contributed by atoms with E-state index in [-0.39, 0.29) is 30.0 Å². The average molecular weight is 346 g/mol. The van der Waals surface area contributed by atoms with Gasteiger partial charge in [-0.1, -0.05) is 0 Å². The van der Waals surface area contributed by atoms with E-state index in [1.54, 1.807) is 6.07 Å². The highest BCUT2D eigenvalue weighted by molar-refractivity contribution is 5.77. The van der Waals surface area contributed by atoms with Crippen LogP contribution in [0.1, 0.15) is 50.4 Å². The number of aromatic nitrogens is 2. The van der Waals surface area contributed by atoms with Crippen LogP contribution in [-0.2, 0) is 0 Å². The van der Waals surface area contributed by atoms with E-state index in [9.17, 15) is 14.3 Å². The first kappa shape index (κ1) is 16.3. The van der Waals surface area contributed by atoms with E-state index in [1.807, 2.05) is 4.90 Å². The molecule has 0 bridgehead atoms. The van der Waals surface area contributed by atoms with Crippen LogP contribution in [0, 0.1) is 5.82 Å². The Morgan fingerprint density at radius 3 is 2.88 bits per heavy atom. The molecule has 1 saturated heterocycles. The second kappa shape index (κ2) is 6.63. The fraction of sp³-hybridized carbons (Fsp3) is 0.556. The summed E-state index contributed by atoms with van der Waals surface area (Å²) in [5.41, 5.74) is 1.37. The van der Waals surface area contributed by atoms with Crippen molar-refractivity contribution in [2.45, 2.75) is 56.7 Å². The maximum atomic E-state index is 13.4. The number of fused-ring (bicyclic) bond motifs is 1. The minimum absolute atomic E-state index is 0.0736. The summed E-state index contributed by atoms with van der Waals surface area (Å²) in [6.45, 7) is 0.692. The number of carbonyl (C=O) groups is 1. The Morgan fingerprint density at radius 2 is 2.08 bits per heavy atom. The lowest BCUT2D eigenvalue weighted by Crippen LogP contribution is -2.46. The van der Waals surface area contributed by atoms with Crippen molar-refractivity contribution in [2.24, 2.45) is 0 Å². The highest BCUT2D eigenvalue weighted by atomic mass is 19.1. The summed E-state index contributed by atoms with van der Waals surface area (Å²) < 4.78 is 13.4. The second-order valence-corrected chi connectivity index (χ2v) is 7.09. The molecule has 0 radical (unpaired) electrons. The summed E-state index contributed by atoms with van der Waals surface area (Å²) in [4.78, 5) is 22.2. The zero-order valence-corrected chi connectivity index (χ0v) is 14.0. The van der Waals surface area contributed by atoms with Crippen LogP contribution < -0.4 is 5.32 Å². The summed E-state index contributed by atoms with van der Waals surface area (Å²) in [7, 11) is 0. The van der Waals surface area contributed by atoms with Crippen LogP contribution in [0.5, 0.6) is 0 Å². The van der Waals surface area contributed by atoms with Gasteiger partial charge in [0.1, 0.15) is 11.6 Å². The average Bonchev–Trinajstić information content (AvgIpc) is 3.22. The molecule has 134 valence electrons. The van der Waals surface area contributed by atoms with E-state index in [0.29, 0.717) is 23.4 Å². The zero-order valence-electron chi connectivity index (χ0n) is 14.0. The number of likely N-dealkylation sites (tertiary alicyclic amines) is 1. The van der Waals surface area contributed by atoms with E-state index >= 15 is 0 Å². The number of rotatable bonds is 2. The fourth-order valence-electron chi connectivity index (χ4n) is 3.93. The van der Waals surface area contributed by atoms with Crippen LogP contribution in [0.25, 0.3) is 11.0 Å². The summed E-state index contributed by atoms with van der Waals surface area (Å²) >= 11 is 0. The molecular formula is C18H23FN4O2. The highest BCUT2D eigenvalue weighted by Crippen LogP contribution is 2.32. The van der Waals surface area contributed by atoms with Crippen LogP contribution in [0.2, 0.25) is 0 Å². The van der Waals surface area contributed by atoms with Crippen molar-refractivity contribution in [3.05, 3.63) is 29.8 Å². The van der Waals surface area contributed by atoms with E-state index in [2.05, 4.69) is 15.3 Å². The first-order valence-electron chi connectivity index (χ1n) is 9.00. The van der Waals surface area contributed by atoms with Crippen molar-refractivity contribution >= 4 is 17.1 Å². The number of aromatic amines is 1. The molecule has 3 N–H and O–H groups in total. The number of urea groups is 1. The number of nitrogens with one attached hydrogen (secondary N) is 2. The van der Waals surface area contributed by atoms with E-state index in [4.69, 9.17) is 0 Å². The molecule has 1 aliphatic heterocycles. The summed E-state index contributed by atoms with van der Waals surface area (Å²) in [6, 6.07) is 4.42. The number of nitrogens with zero attached hydrogens (tertiary/aromatic N) is 2. The maximum absolute atomic E-state index is 13.4. The predicted octanol–water partition coefficient (Wildman–Crippen LogP) is 2.85. The van der Waals surface area contributed by atoms with Gasteiger partial charge < -0.3 is 20.3 Å². The first-order chi connectivity index (χ1) is 12.1. The van der Waals surface area contributed by atoms with Gasteiger partial charge in [-0.25, -0.2) is 14.2 Å². The largest absolute Gasteiger partial charge is 0.393 e. The zero-order chi connectivity index (χ0) is 17.4. The molecule has 4 rings (SSSR count). The molecule has 0 unspecified atom stereocenters. The van der Waals surface area contributed by atoms with Crippen LogP contribution in [0.4, 0.5) is 9.18 Å². The standard InChI is InChI=1S/C18H23FN4O2/c19-11-3-8-14-15(10-11)22-17(21-14)16-2-1-9-23(16)18(25)20-12-4-6-13(24)7-5-12/h3,8,10,12-13,16,24H,1-2,4-7,9H2,(H,20,25)(H,21,22)/t12?,13?,16-/m0/s1. The Bertz CT molecular complexity index is 770. The van der Waals surface area contributed by atoms with Gasteiger partial charge in [0.05, 0.1) is 23.2 Å². The van der Waals surface area contributed by atoms with Crippen molar-refractivity contribution in [2.75, 3.05) is 6.54 Å². The van der Waals surface area contributed by atoms with Crippen LogP contribution in [0.3, 0.4) is 0 Å². The lowest BCUT2D eigenvalue weighted by atomic mass is 9.93. The molecule has 6 nitrogen and oxygen atoms in total. The SMILES string of the molecule is O=C(NC1CCC(O)CC1)N1CCC[C@H]1c1nc2ccc(F)cc2[nH]1. The van der Waals surface area contributed by atoms with Gasteiger partial charge in [-0.2, -0.15) is 0 Å². The Labute approximate surface area is 145 Å². The van der Waals surface area contributed by atoms with Crippen molar-refractivity contribution in [3.8, 4) is 0 Å². The Morgan fingerprint density at radius 1 is 1.28 bits per heavy atom. The minimum atomic E-state index is -0.303. The Kier molecular flexibility index (Phi) is 4.33. The number of benzene rings is 1. The number of aliphatic hydroxyl groups is 1. The van der Waals surface area contributed by atoms with Gasteiger partial charge in [-0.05, 0) is 56.7 Å². The van der Waals surface area contributed by atoms with Gasteiger partial charge in [-0.15, -0.1) is 0 Å². The molecule has 1 aliphatic carbocycles. The Hall–Kier alpha value is -2.15. The fourth-order valence-corrected chi connectivity index (χ4v) is 3.93. The topological polar surface area (TPSA) is 81.2 Å². The lowest BCUT2D eigenvalue weighted by molar-refractivity contribution is 0.114. The Balaban J connectivity index is 1.48. The van der Waals surface area contributed by atoms with Gasteiger partial charge in [0.25, 0.3) is 0 Å². The van der Waals surface area contributed by atoms with Crippen molar-refractivity contribution in [1.82, 2.24) is 20.2 Å². The van der Waals surface area contributed by atoms with Crippen molar-refractivity contribution < 1.29 is 14.3 Å². The number of carbonyl (C=O) groups excluding carboxylic acids is 1. The number of aliphatic hydroxyl groups excluding tert-OH is 1. The molecule has 2 fully saturated rings. The van der Waals surface area contributed by atoms with Crippen molar-refractivity contribution in [1.29, 1.82) is 0 Å². The number of H-pyrrole nitrogens is 1. The predicted molar refractivity (Wildman–Crippen MR) is 91.5 cm³/mol. The van der Waals surface area contributed by atoms with Gasteiger partial charge in [-0.3, -0.25) is 0 Å². The molecule has 1 aromatic carbocycles. The molecule has 2 aromatic rings. The van der Waals surface area contributed by atoms with Crippen molar-refractivity contribution in [3.63, 3.8) is 0 Å². The third-order valence-corrected chi connectivity index (χ3v) is 5.32. The molecule has 1 aromatic heterocycles. The molecule has 2 amide bonds. The van der Waals surface area contributed by atoms with Crippen LogP contribution >= 0.6 is 0 Å². The normalized spacial score (nSPS) is 27.0. The van der Waals surface area contributed by atoms with Crippen LogP contribution in [-0.4, -0.2) is 44.7 Å². The van der Waals surface area contributed by atoms with Gasteiger partial charge in [0, 0.05) is 12.6 Å². The monoisotopic (exact) mass is 346 g/mol. The molecule has 1 atom stereocenters. The summed E-state index contributed by atoms with van der Waals surface area (Å²) in [5, 5.41) is 12.7. The van der Waals surface area contributed by atoms with Gasteiger partial charge >= 0.3 is 6.03 Å². The van der Waals surface area contributed by atoms with E-state index in [1.165, 1.54) is 12.1 Å². The maximum Gasteiger partial charge on any atom is 0.318 e.